The van der Waals surface area contributed by atoms with Crippen LogP contribution < -0.4 is 0 Å². The molecule has 0 saturated carbocycles. The molecular weight excluding hydrogens is 220 g/mol. The van der Waals surface area contributed by atoms with Crippen molar-refractivity contribution >= 4 is 18.2 Å². The second kappa shape index (κ2) is 7.39. The monoisotopic (exact) mass is 242 g/mol. The van der Waals surface area contributed by atoms with Crippen LogP contribution >= 0.6 is 0 Å². The van der Waals surface area contributed by atoms with Gasteiger partial charge in [-0.05, 0) is 6.42 Å². The molecule has 4 nitrogen and oxygen atoms in total. The number of aliphatic hydroxyl groups is 1. The molecule has 0 heterocycles. The van der Waals surface area contributed by atoms with Crippen molar-refractivity contribution < 1.29 is 18.1 Å². The Morgan fingerprint density at radius 1 is 1.14 bits per heavy atom. The summed E-state index contributed by atoms with van der Waals surface area (Å²) in [4.78, 5) is 0. The van der Waals surface area contributed by atoms with Gasteiger partial charge in [0.25, 0.3) is 10.1 Å². The minimum Gasteiger partial charge on any atom is -0.396 e. The number of hydrogen-bond acceptors (Lipinski definition) is 3. The van der Waals surface area contributed by atoms with E-state index >= 15 is 0 Å². The Labute approximate surface area is 88.1 Å². The van der Waals surface area contributed by atoms with Gasteiger partial charge < -0.3 is 5.11 Å². The van der Waals surface area contributed by atoms with Gasteiger partial charge in [0, 0.05) is 14.7 Å². The number of unbranched alkanes of at least 4 members (excludes halogenated alkanes) is 1. The van der Waals surface area contributed by atoms with E-state index in [0.717, 1.165) is 6.42 Å². The van der Waals surface area contributed by atoms with E-state index in [4.69, 9.17) is 9.66 Å². The Morgan fingerprint density at radius 3 is 1.71 bits per heavy atom. The maximum absolute atomic E-state index is 9.19. The first kappa shape index (κ1) is 16.5. The van der Waals surface area contributed by atoms with Crippen LogP contribution in [0.4, 0.5) is 0 Å². The highest BCUT2D eigenvalue weighted by Crippen LogP contribution is 2.11. The molecule has 0 aliphatic heterocycles. The molecule has 0 unspecified atom stereocenters. The van der Waals surface area contributed by atoms with Crippen LogP contribution in [0.25, 0.3) is 0 Å². The fourth-order valence-corrected chi connectivity index (χ4v) is 2.08. The van der Waals surface area contributed by atoms with Crippen LogP contribution in [0.1, 0.15) is 12.8 Å². The molecule has 0 aromatic heterocycles. The Morgan fingerprint density at radius 2 is 1.50 bits per heavy atom. The Bertz CT molecular complexity index is 210. The summed E-state index contributed by atoms with van der Waals surface area (Å²) in [6, 6.07) is 1.35. The predicted octanol–water partition coefficient (Wildman–Crippen LogP) is 1.60. The van der Waals surface area contributed by atoms with E-state index in [2.05, 4.69) is 19.6 Å². The van der Waals surface area contributed by atoms with E-state index in [-0.39, 0.29) is 0 Å². The van der Waals surface area contributed by atoms with Gasteiger partial charge in [0.05, 0.1) is 6.26 Å². The first-order chi connectivity index (χ1) is 6.06. The highest BCUT2D eigenvalue weighted by Gasteiger charge is 2.10. The number of rotatable bonds is 4. The maximum Gasteiger partial charge on any atom is 0.261 e. The molecule has 0 amide bonds. The number of hydrogen-bond donors (Lipinski definition) is 2. The molecule has 88 valence electrons. The zero-order chi connectivity index (χ0) is 11.8. The van der Waals surface area contributed by atoms with Crippen molar-refractivity contribution in [3.63, 3.8) is 0 Å². The first-order valence-corrected chi connectivity index (χ1v) is 10.1. The van der Waals surface area contributed by atoms with Crippen molar-refractivity contribution in [3.05, 3.63) is 0 Å². The van der Waals surface area contributed by atoms with Gasteiger partial charge in [-0.3, -0.25) is 4.55 Å². The lowest BCUT2D eigenvalue weighted by Gasteiger charge is -2.14. The molecule has 0 radical (unpaired) electrons. The zero-order valence-electron chi connectivity index (χ0n) is 9.45. The number of aliphatic hydroxyl groups excluding tert-OH is 1. The summed E-state index contributed by atoms with van der Waals surface area (Å²) < 4.78 is 25.9. The molecule has 2 N–H and O–H groups in total. The third-order valence-electron chi connectivity index (χ3n) is 1.33. The van der Waals surface area contributed by atoms with Gasteiger partial charge in [0.2, 0.25) is 0 Å². The van der Waals surface area contributed by atoms with Crippen LogP contribution in [-0.4, -0.2) is 39.0 Å². The lowest BCUT2D eigenvalue weighted by atomic mass is 10.4. The molecule has 0 saturated heterocycles. The molecule has 0 aromatic rings. The smallest absolute Gasteiger partial charge is 0.261 e. The van der Waals surface area contributed by atoms with Gasteiger partial charge in [0.15, 0.2) is 0 Å². The third kappa shape index (κ3) is 40.1. The van der Waals surface area contributed by atoms with Crippen LogP contribution in [0.5, 0.6) is 0 Å². The largest absolute Gasteiger partial charge is 0.396 e. The van der Waals surface area contributed by atoms with Crippen LogP contribution in [0, 0.1) is 0 Å². The summed E-state index contributed by atoms with van der Waals surface area (Å²) in [6.45, 7) is 7.46. The van der Waals surface area contributed by atoms with Crippen LogP contribution in [-0.2, 0) is 10.1 Å². The molecule has 0 bridgehead atoms. The Hall–Kier alpha value is 0.0869. The molecule has 0 spiro atoms. The Balaban J connectivity index is 0. The molecule has 0 aliphatic rings. The van der Waals surface area contributed by atoms with E-state index in [1.807, 2.05) is 0 Å². The quantitative estimate of drug-likeness (QED) is 0.446. The summed E-state index contributed by atoms with van der Waals surface area (Å²) in [7, 11) is -4.47. The zero-order valence-corrected chi connectivity index (χ0v) is 11.3. The fraction of sp³-hybridized carbons (Fsp3) is 1.00. The van der Waals surface area contributed by atoms with E-state index < -0.39 is 18.2 Å². The average Bonchev–Trinajstić information content (AvgIpc) is 1.80. The summed E-state index contributed by atoms with van der Waals surface area (Å²) >= 11 is 0. The van der Waals surface area contributed by atoms with Gasteiger partial charge in [-0.1, -0.05) is 32.1 Å². The van der Waals surface area contributed by atoms with Crippen molar-refractivity contribution in [2.24, 2.45) is 0 Å². The van der Waals surface area contributed by atoms with Gasteiger partial charge in [-0.15, -0.1) is 0 Å². The van der Waals surface area contributed by atoms with Crippen molar-refractivity contribution in [1.29, 1.82) is 0 Å². The topological polar surface area (TPSA) is 74.6 Å². The van der Waals surface area contributed by atoms with Gasteiger partial charge >= 0.3 is 0 Å². The lowest BCUT2D eigenvalue weighted by molar-refractivity contribution is 0.287. The molecule has 14 heavy (non-hydrogen) atoms. The van der Waals surface area contributed by atoms with E-state index in [0.29, 0.717) is 12.9 Å². The van der Waals surface area contributed by atoms with Gasteiger partial charge in [-0.2, -0.15) is 8.42 Å². The summed E-state index contributed by atoms with van der Waals surface area (Å²) in [5, 5.41) is 8.48. The van der Waals surface area contributed by atoms with Crippen molar-refractivity contribution in [3.8, 4) is 0 Å². The van der Waals surface area contributed by atoms with Crippen LogP contribution in [0.15, 0.2) is 0 Å². The normalized spacial score (nSPS) is 11.9. The molecule has 0 fully saturated rings. The third-order valence-corrected chi connectivity index (χ3v) is 3.19. The van der Waals surface area contributed by atoms with Crippen LogP contribution in [0.3, 0.4) is 0 Å². The van der Waals surface area contributed by atoms with Gasteiger partial charge in [0.1, 0.15) is 0 Å². The summed E-state index contributed by atoms with van der Waals surface area (Å²) in [5.74, 6) is 0. The molecule has 0 aliphatic carbocycles. The summed E-state index contributed by atoms with van der Waals surface area (Å²) in [5.41, 5.74) is 0. The van der Waals surface area contributed by atoms with E-state index in [1.54, 1.807) is 0 Å². The molecular formula is C8H22O4SSi. The minimum atomic E-state index is -3.67. The van der Waals surface area contributed by atoms with Gasteiger partial charge in [-0.25, -0.2) is 0 Å². The molecule has 6 heteroatoms. The second-order valence-electron chi connectivity index (χ2n) is 4.47. The lowest BCUT2D eigenvalue weighted by Crippen LogP contribution is -2.18. The highest BCUT2D eigenvalue weighted by atomic mass is 32.2. The van der Waals surface area contributed by atoms with E-state index in [1.165, 1.54) is 12.5 Å². The van der Waals surface area contributed by atoms with Crippen molar-refractivity contribution in [2.75, 3.05) is 12.9 Å². The summed E-state index contributed by atoms with van der Waals surface area (Å²) in [6.07, 6.45) is 2.92. The predicted molar refractivity (Wildman–Crippen MR) is 61.9 cm³/mol. The maximum atomic E-state index is 9.19. The second-order valence-corrected chi connectivity index (χ2v) is 11.6. The molecule has 0 aromatic carbocycles. The van der Waals surface area contributed by atoms with E-state index in [9.17, 15) is 8.42 Å². The van der Waals surface area contributed by atoms with Crippen molar-refractivity contribution in [1.82, 2.24) is 0 Å². The Kier molecular flexibility index (Phi) is 8.71. The molecule has 0 rings (SSSR count). The van der Waals surface area contributed by atoms with Crippen LogP contribution in [0.2, 0.25) is 25.7 Å². The highest BCUT2D eigenvalue weighted by molar-refractivity contribution is 7.85. The first-order valence-electron chi connectivity index (χ1n) is 4.59. The molecule has 0 atom stereocenters. The standard InChI is InChI=1S/C7H18OSi.CH4O3S/c1-9(2,3)7-5-4-6-8;1-5(2,3)4/h8H,4-7H2,1-3H3;1H3,(H,2,3,4). The SMILES string of the molecule is CS(=O)(=O)O.C[Si](C)(C)CCCCO. The minimum absolute atomic E-state index is 0.366. The average molecular weight is 242 g/mol. The fourth-order valence-electron chi connectivity index (χ4n) is 0.767. The van der Waals surface area contributed by atoms with Crippen molar-refractivity contribution in [2.45, 2.75) is 38.5 Å².